The van der Waals surface area contributed by atoms with E-state index in [9.17, 15) is 9.59 Å². The second kappa shape index (κ2) is 4.66. The molecule has 2 N–H and O–H groups in total. The molecule has 0 saturated heterocycles. The lowest BCUT2D eigenvalue weighted by Gasteiger charge is -2.00. The maximum absolute atomic E-state index is 11.6. The van der Waals surface area contributed by atoms with Crippen LogP contribution in [0.25, 0.3) is 0 Å². The smallest absolute Gasteiger partial charge is 0.337 e. The number of nitrogens with zero attached hydrogens (tertiary/aromatic N) is 3. The number of amides is 1. The van der Waals surface area contributed by atoms with Crippen molar-refractivity contribution in [3.05, 3.63) is 35.8 Å². The topological polar surface area (TPSA) is 105 Å². The number of rotatable bonds is 3. The van der Waals surface area contributed by atoms with Gasteiger partial charge < -0.3 is 10.4 Å². The summed E-state index contributed by atoms with van der Waals surface area (Å²) in [6.45, 7) is 0. The predicted octanol–water partition coefficient (Wildman–Crippen LogP) is 0.884. The summed E-state index contributed by atoms with van der Waals surface area (Å²) in [7, 11) is 0. The molecule has 2 heterocycles. The quantitative estimate of drug-likeness (QED) is 0.837. The molecule has 0 saturated carbocycles. The van der Waals surface area contributed by atoms with E-state index in [1.54, 1.807) is 0 Å². The van der Waals surface area contributed by atoms with Crippen molar-refractivity contribution in [2.24, 2.45) is 0 Å². The van der Waals surface area contributed by atoms with E-state index in [-0.39, 0.29) is 11.3 Å². The van der Waals surface area contributed by atoms with E-state index in [4.69, 9.17) is 5.11 Å². The van der Waals surface area contributed by atoms with E-state index in [1.807, 2.05) is 0 Å². The molecule has 0 atom stereocenters. The van der Waals surface area contributed by atoms with Crippen molar-refractivity contribution in [2.75, 3.05) is 5.32 Å². The normalized spacial score (nSPS) is 9.88. The summed E-state index contributed by atoms with van der Waals surface area (Å²) in [5.41, 5.74) is 0.157. The van der Waals surface area contributed by atoms with E-state index in [0.29, 0.717) is 5.00 Å². The van der Waals surface area contributed by atoms with Gasteiger partial charge in [0.15, 0.2) is 0 Å². The second-order valence-corrected chi connectivity index (χ2v) is 3.76. The van der Waals surface area contributed by atoms with E-state index in [2.05, 4.69) is 19.9 Å². The number of aromatic nitrogens is 3. The molecule has 8 heteroatoms. The molecule has 86 valence electrons. The highest BCUT2D eigenvalue weighted by atomic mass is 32.1. The standard InChI is InChI=1S/C9H6N4O3S/c14-8(12-7-4-11-13-17-7)6-2-1-5(3-10-6)9(15)16/h1-4H,(H,12,14)(H,15,16). The summed E-state index contributed by atoms with van der Waals surface area (Å²) in [6.07, 6.45) is 2.54. The molecule has 0 unspecified atom stereocenters. The lowest BCUT2D eigenvalue weighted by atomic mass is 10.2. The molecule has 2 aromatic heterocycles. The van der Waals surface area contributed by atoms with Crippen molar-refractivity contribution < 1.29 is 14.7 Å². The fourth-order valence-electron chi connectivity index (χ4n) is 1.05. The predicted molar refractivity (Wildman–Crippen MR) is 59.1 cm³/mol. The Balaban J connectivity index is 2.12. The number of carbonyl (C=O) groups excluding carboxylic acids is 1. The van der Waals surface area contributed by atoms with Gasteiger partial charge in [-0.3, -0.25) is 9.78 Å². The molecule has 7 nitrogen and oxygen atoms in total. The fraction of sp³-hybridized carbons (Fsp3) is 0. The van der Waals surface area contributed by atoms with Gasteiger partial charge in [0, 0.05) is 17.7 Å². The van der Waals surface area contributed by atoms with Crippen LogP contribution < -0.4 is 5.32 Å². The third kappa shape index (κ3) is 2.61. The zero-order chi connectivity index (χ0) is 12.3. The first kappa shape index (κ1) is 11.1. The van der Waals surface area contributed by atoms with E-state index < -0.39 is 11.9 Å². The van der Waals surface area contributed by atoms with Crippen molar-refractivity contribution in [1.29, 1.82) is 0 Å². The minimum atomic E-state index is -1.09. The lowest BCUT2D eigenvalue weighted by molar-refractivity contribution is 0.0696. The van der Waals surface area contributed by atoms with Crippen LogP contribution in [-0.2, 0) is 0 Å². The minimum absolute atomic E-state index is 0.0287. The molecule has 0 aliphatic carbocycles. The number of hydrogen-bond acceptors (Lipinski definition) is 6. The van der Waals surface area contributed by atoms with Gasteiger partial charge in [0.2, 0.25) is 0 Å². The average Bonchev–Trinajstić information content (AvgIpc) is 2.82. The molecular weight excluding hydrogens is 244 g/mol. The van der Waals surface area contributed by atoms with Crippen LogP contribution >= 0.6 is 11.5 Å². The Morgan fingerprint density at radius 3 is 2.65 bits per heavy atom. The summed E-state index contributed by atoms with van der Waals surface area (Å²) in [5, 5.41) is 15.3. The molecule has 0 aliphatic rings. The second-order valence-electron chi connectivity index (χ2n) is 2.97. The molecule has 17 heavy (non-hydrogen) atoms. The first-order valence-electron chi connectivity index (χ1n) is 4.45. The van der Waals surface area contributed by atoms with Gasteiger partial charge in [-0.2, -0.15) is 0 Å². The van der Waals surface area contributed by atoms with Crippen LogP contribution in [0.5, 0.6) is 0 Å². The summed E-state index contributed by atoms with van der Waals surface area (Å²) in [4.78, 5) is 26.0. The Kier molecular flexibility index (Phi) is 3.06. The molecule has 2 aromatic rings. The first-order valence-corrected chi connectivity index (χ1v) is 5.22. The molecule has 0 spiro atoms. The summed E-state index contributed by atoms with van der Waals surface area (Å²) in [5.74, 6) is -1.52. The summed E-state index contributed by atoms with van der Waals surface area (Å²) < 4.78 is 3.59. The van der Waals surface area contributed by atoms with Crippen molar-refractivity contribution in [3.8, 4) is 0 Å². The highest BCUT2D eigenvalue weighted by Gasteiger charge is 2.10. The average molecular weight is 250 g/mol. The molecule has 0 bridgehead atoms. The number of carbonyl (C=O) groups is 2. The summed E-state index contributed by atoms with van der Waals surface area (Å²) >= 11 is 1.04. The maximum atomic E-state index is 11.6. The highest BCUT2D eigenvalue weighted by Crippen LogP contribution is 2.10. The Hall–Kier alpha value is -2.35. The lowest BCUT2D eigenvalue weighted by Crippen LogP contribution is -2.13. The zero-order valence-corrected chi connectivity index (χ0v) is 9.14. The number of pyridine rings is 1. The third-order valence-electron chi connectivity index (χ3n) is 1.84. The van der Waals surface area contributed by atoms with Gasteiger partial charge in [0.25, 0.3) is 5.91 Å². The van der Waals surface area contributed by atoms with Crippen LogP contribution in [0.2, 0.25) is 0 Å². The third-order valence-corrected chi connectivity index (χ3v) is 2.42. The van der Waals surface area contributed by atoms with Gasteiger partial charge in [-0.25, -0.2) is 4.79 Å². The monoisotopic (exact) mass is 250 g/mol. The minimum Gasteiger partial charge on any atom is -0.478 e. The number of anilines is 1. The molecule has 0 radical (unpaired) electrons. The largest absolute Gasteiger partial charge is 0.478 e. The van der Waals surface area contributed by atoms with Crippen LogP contribution in [0, 0.1) is 0 Å². The molecule has 0 fully saturated rings. The van der Waals surface area contributed by atoms with Crippen LogP contribution in [-0.4, -0.2) is 31.6 Å². The van der Waals surface area contributed by atoms with Gasteiger partial charge in [-0.05, 0) is 12.1 Å². The number of aromatic carboxylic acids is 1. The SMILES string of the molecule is O=C(O)c1ccc(C(=O)Nc2cnns2)nc1. The molecule has 1 amide bonds. The van der Waals surface area contributed by atoms with Gasteiger partial charge in [0.1, 0.15) is 10.7 Å². The van der Waals surface area contributed by atoms with E-state index in [0.717, 1.165) is 17.7 Å². The Morgan fingerprint density at radius 2 is 2.12 bits per heavy atom. The Morgan fingerprint density at radius 1 is 1.29 bits per heavy atom. The summed E-state index contributed by atoms with van der Waals surface area (Å²) in [6, 6.07) is 2.66. The van der Waals surface area contributed by atoms with E-state index in [1.165, 1.54) is 18.3 Å². The van der Waals surface area contributed by atoms with Crippen molar-refractivity contribution in [3.63, 3.8) is 0 Å². The Bertz CT molecular complexity index is 538. The van der Waals surface area contributed by atoms with Crippen molar-refractivity contribution in [1.82, 2.24) is 14.6 Å². The number of hydrogen-bond donors (Lipinski definition) is 2. The van der Waals surface area contributed by atoms with Crippen LogP contribution in [0.15, 0.2) is 24.5 Å². The van der Waals surface area contributed by atoms with Crippen LogP contribution in [0.4, 0.5) is 5.00 Å². The van der Waals surface area contributed by atoms with Crippen molar-refractivity contribution >= 4 is 28.4 Å². The zero-order valence-electron chi connectivity index (χ0n) is 8.32. The first-order chi connectivity index (χ1) is 8.16. The molecule has 0 aliphatic heterocycles. The molecular formula is C9H6N4O3S. The van der Waals surface area contributed by atoms with Gasteiger partial charge in [0.05, 0.1) is 11.8 Å². The highest BCUT2D eigenvalue weighted by molar-refractivity contribution is 7.10. The molecule has 0 aromatic carbocycles. The number of nitrogens with one attached hydrogen (secondary N) is 1. The number of carboxylic acids is 1. The van der Waals surface area contributed by atoms with E-state index >= 15 is 0 Å². The van der Waals surface area contributed by atoms with Gasteiger partial charge >= 0.3 is 5.97 Å². The fourth-order valence-corrected chi connectivity index (χ4v) is 1.47. The van der Waals surface area contributed by atoms with Crippen LogP contribution in [0.1, 0.15) is 20.8 Å². The van der Waals surface area contributed by atoms with Gasteiger partial charge in [-0.15, -0.1) is 5.10 Å². The number of carboxylic acid groups (broad SMARTS) is 1. The Labute approximate surface area is 99.3 Å². The van der Waals surface area contributed by atoms with Gasteiger partial charge in [-0.1, -0.05) is 4.49 Å². The maximum Gasteiger partial charge on any atom is 0.337 e. The van der Waals surface area contributed by atoms with Crippen molar-refractivity contribution in [2.45, 2.75) is 0 Å². The molecule has 2 rings (SSSR count). The van der Waals surface area contributed by atoms with Crippen LogP contribution in [0.3, 0.4) is 0 Å².